The predicted molar refractivity (Wildman–Crippen MR) is 83.3 cm³/mol. The molecule has 1 unspecified atom stereocenters. The van der Waals surface area contributed by atoms with Crippen LogP contribution >= 0.6 is 0 Å². The van der Waals surface area contributed by atoms with Gasteiger partial charge in [0.15, 0.2) is 5.65 Å². The lowest BCUT2D eigenvalue weighted by Gasteiger charge is -2.36. The summed E-state index contributed by atoms with van der Waals surface area (Å²) in [5.74, 6) is 0.907. The molecule has 0 saturated carbocycles. The molecule has 1 aliphatic rings. The maximum Gasteiger partial charge on any atom is 0.226 e. The molecular formula is C14H21N7O. The Balaban J connectivity index is 1.74. The van der Waals surface area contributed by atoms with Crippen molar-refractivity contribution in [1.82, 2.24) is 24.6 Å². The number of rotatable bonds is 3. The van der Waals surface area contributed by atoms with Crippen molar-refractivity contribution in [2.24, 2.45) is 18.7 Å². The fraction of sp³-hybridized carbons (Fsp3) is 0.571. The molecule has 118 valence electrons. The topological polar surface area (TPSA) is 93.2 Å². The molecule has 8 heteroatoms. The van der Waals surface area contributed by atoms with Gasteiger partial charge in [0, 0.05) is 45.7 Å². The van der Waals surface area contributed by atoms with Crippen molar-refractivity contribution in [3.63, 3.8) is 0 Å². The van der Waals surface area contributed by atoms with E-state index >= 15 is 0 Å². The Kier molecular flexibility index (Phi) is 3.93. The van der Waals surface area contributed by atoms with Crippen LogP contribution in [0.2, 0.25) is 0 Å². The van der Waals surface area contributed by atoms with Crippen molar-refractivity contribution in [2.45, 2.75) is 6.92 Å². The number of fused-ring (bicyclic) bond motifs is 1. The number of aryl methyl sites for hydroxylation is 1. The Bertz CT molecular complexity index is 675. The van der Waals surface area contributed by atoms with Crippen LogP contribution in [0.1, 0.15) is 6.92 Å². The Labute approximate surface area is 128 Å². The van der Waals surface area contributed by atoms with E-state index in [9.17, 15) is 4.79 Å². The van der Waals surface area contributed by atoms with Crippen LogP contribution in [0.15, 0.2) is 12.5 Å². The highest BCUT2D eigenvalue weighted by atomic mass is 16.2. The van der Waals surface area contributed by atoms with Gasteiger partial charge in [-0.1, -0.05) is 6.92 Å². The lowest BCUT2D eigenvalue weighted by atomic mass is 10.1. The molecule has 0 aliphatic carbocycles. The first-order valence-electron chi connectivity index (χ1n) is 7.48. The van der Waals surface area contributed by atoms with Gasteiger partial charge in [0.2, 0.25) is 5.91 Å². The van der Waals surface area contributed by atoms with E-state index in [-0.39, 0.29) is 11.8 Å². The summed E-state index contributed by atoms with van der Waals surface area (Å²) in [6, 6.07) is 0. The van der Waals surface area contributed by atoms with E-state index in [0.717, 1.165) is 29.9 Å². The molecule has 1 atom stereocenters. The van der Waals surface area contributed by atoms with E-state index in [1.165, 1.54) is 0 Å². The number of anilines is 1. The maximum atomic E-state index is 12.2. The summed E-state index contributed by atoms with van der Waals surface area (Å²) in [6.45, 7) is 5.15. The molecular weight excluding hydrogens is 282 g/mol. The summed E-state index contributed by atoms with van der Waals surface area (Å²) in [5, 5.41) is 5.18. The molecule has 2 N–H and O–H groups in total. The molecule has 3 heterocycles. The highest BCUT2D eigenvalue weighted by Crippen LogP contribution is 2.23. The third-order valence-corrected chi connectivity index (χ3v) is 4.17. The normalized spacial score (nSPS) is 17.0. The molecule has 1 amide bonds. The monoisotopic (exact) mass is 303 g/mol. The van der Waals surface area contributed by atoms with Gasteiger partial charge in [-0.15, -0.1) is 0 Å². The zero-order valence-electron chi connectivity index (χ0n) is 12.9. The van der Waals surface area contributed by atoms with Gasteiger partial charge in [-0.05, 0) is 0 Å². The van der Waals surface area contributed by atoms with Gasteiger partial charge in [0.05, 0.1) is 11.6 Å². The van der Waals surface area contributed by atoms with Crippen molar-refractivity contribution >= 4 is 22.8 Å². The minimum atomic E-state index is -0.115. The second-order valence-electron chi connectivity index (χ2n) is 5.65. The molecule has 8 nitrogen and oxygen atoms in total. The minimum Gasteiger partial charge on any atom is -0.352 e. The van der Waals surface area contributed by atoms with Crippen molar-refractivity contribution in [1.29, 1.82) is 0 Å². The van der Waals surface area contributed by atoms with Crippen molar-refractivity contribution in [3.8, 4) is 0 Å². The molecule has 1 saturated heterocycles. The average Bonchev–Trinajstić information content (AvgIpc) is 2.95. The van der Waals surface area contributed by atoms with Crippen LogP contribution in [0.25, 0.3) is 11.0 Å². The predicted octanol–water partition coefficient (Wildman–Crippen LogP) is -0.393. The lowest BCUT2D eigenvalue weighted by molar-refractivity contribution is -0.134. The van der Waals surface area contributed by atoms with Crippen LogP contribution < -0.4 is 10.6 Å². The largest absolute Gasteiger partial charge is 0.352 e. The van der Waals surface area contributed by atoms with Crippen molar-refractivity contribution < 1.29 is 4.79 Å². The first-order chi connectivity index (χ1) is 10.6. The molecule has 0 radical (unpaired) electrons. The fourth-order valence-corrected chi connectivity index (χ4v) is 2.75. The van der Waals surface area contributed by atoms with Crippen LogP contribution in [0, 0.1) is 5.92 Å². The number of nitrogens with two attached hydrogens (primary N) is 1. The Morgan fingerprint density at radius 3 is 2.73 bits per heavy atom. The number of aromatic nitrogens is 4. The van der Waals surface area contributed by atoms with E-state index in [2.05, 4.69) is 20.0 Å². The highest BCUT2D eigenvalue weighted by molar-refractivity contribution is 5.87. The molecule has 2 aromatic rings. The Morgan fingerprint density at radius 2 is 2.05 bits per heavy atom. The average molecular weight is 303 g/mol. The summed E-state index contributed by atoms with van der Waals surface area (Å²) in [7, 11) is 1.87. The van der Waals surface area contributed by atoms with Gasteiger partial charge in [0.25, 0.3) is 0 Å². The SMILES string of the molecule is CC(CN)C(=O)N1CCN(c2ncnc3c2cnn3C)CC1. The zero-order chi connectivity index (χ0) is 15.7. The molecule has 1 fully saturated rings. The molecule has 2 aromatic heterocycles. The zero-order valence-corrected chi connectivity index (χ0v) is 12.9. The van der Waals surface area contributed by atoms with Crippen LogP contribution in [0.5, 0.6) is 0 Å². The number of nitrogens with zero attached hydrogens (tertiary/aromatic N) is 6. The first kappa shape index (κ1) is 14.7. The van der Waals surface area contributed by atoms with Gasteiger partial charge in [-0.3, -0.25) is 9.48 Å². The standard InChI is InChI=1S/C14H21N7O/c1-10(7-15)14(22)21-5-3-20(4-6-21)13-11-8-18-19(2)12(11)16-9-17-13/h8-10H,3-7,15H2,1-2H3. The van der Waals surface area contributed by atoms with Crippen LogP contribution in [-0.4, -0.2) is 63.3 Å². The Morgan fingerprint density at radius 1 is 1.32 bits per heavy atom. The van der Waals surface area contributed by atoms with Gasteiger partial charge in [-0.25, -0.2) is 9.97 Å². The summed E-state index contributed by atoms with van der Waals surface area (Å²) >= 11 is 0. The molecule has 22 heavy (non-hydrogen) atoms. The second-order valence-corrected chi connectivity index (χ2v) is 5.65. The smallest absolute Gasteiger partial charge is 0.226 e. The van der Waals surface area contributed by atoms with E-state index < -0.39 is 0 Å². The first-order valence-corrected chi connectivity index (χ1v) is 7.48. The number of hydrogen-bond acceptors (Lipinski definition) is 6. The number of carbonyl (C=O) groups is 1. The molecule has 0 spiro atoms. The number of amides is 1. The highest BCUT2D eigenvalue weighted by Gasteiger charge is 2.25. The molecule has 1 aliphatic heterocycles. The fourth-order valence-electron chi connectivity index (χ4n) is 2.75. The minimum absolute atomic E-state index is 0.115. The molecule has 0 bridgehead atoms. The third kappa shape index (κ3) is 2.50. The van der Waals surface area contributed by atoms with Gasteiger partial charge < -0.3 is 15.5 Å². The van der Waals surface area contributed by atoms with Crippen LogP contribution in [-0.2, 0) is 11.8 Å². The molecule has 0 aromatic carbocycles. The maximum absolute atomic E-state index is 12.2. The summed E-state index contributed by atoms with van der Waals surface area (Å²) in [5.41, 5.74) is 6.40. The van der Waals surface area contributed by atoms with E-state index in [1.54, 1.807) is 17.2 Å². The van der Waals surface area contributed by atoms with E-state index in [0.29, 0.717) is 19.6 Å². The Hall–Kier alpha value is -2.22. The number of hydrogen-bond donors (Lipinski definition) is 1. The van der Waals surface area contributed by atoms with Crippen LogP contribution in [0.3, 0.4) is 0 Å². The second kappa shape index (κ2) is 5.88. The van der Waals surface area contributed by atoms with Gasteiger partial charge in [0.1, 0.15) is 12.1 Å². The van der Waals surface area contributed by atoms with Gasteiger partial charge in [-0.2, -0.15) is 5.10 Å². The summed E-state index contributed by atoms with van der Waals surface area (Å²) in [6.07, 6.45) is 3.35. The molecule has 3 rings (SSSR count). The van der Waals surface area contributed by atoms with Crippen molar-refractivity contribution in [3.05, 3.63) is 12.5 Å². The third-order valence-electron chi connectivity index (χ3n) is 4.17. The van der Waals surface area contributed by atoms with E-state index in [4.69, 9.17) is 5.73 Å². The lowest BCUT2D eigenvalue weighted by Crippen LogP contribution is -2.51. The van der Waals surface area contributed by atoms with Crippen molar-refractivity contribution in [2.75, 3.05) is 37.6 Å². The number of piperazine rings is 1. The number of carbonyl (C=O) groups excluding carboxylic acids is 1. The summed E-state index contributed by atoms with van der Waals surface area (Å²) in [4.78, 5) is 24.9. The van der Waals surface area contributed by atoms with E-state index in [1.807, 2.05) is 18.9 Å². The van der Waals surface area contributed by atoms with Crippen LogP contribution in [0.4, 0.5) is 5.82 Å². The quantitative estimate of drug-likeness (QED) is 0.830. The summed E-state index contributed by atoms with van der Waals surface area (Å²) < 4.78 is 1.74. The van der Waals surface area contributed by atoms with Gasteiger partial charge >= 0.3 is 0 Å².